The maximum absolute atomic E-state index is 13.3. The van der Waals surface area contributed by atoms with Gasteiger partial charge in [0, 0.05) is 34.8 Å². The van der Waals surface area contributed by atoms with E-state index in [1.54, 1.807) is 24.3 Å². The predicted octanol–water partition coefficient (Wildman–Crippen LogP) is 5.98. The third-order valence-corrected chi connectivity index (χ3v) is 6.51. The lowest BCUT2D eigenvalue weighted by Gasteiger charge is -2.37. The summed E-state index contributed by atoms with van der Waals surface area (Å²) in [4.78, 5) is 25.4. The van der Waals surface area contributed by atoms with Gasteiger partial charge in [-0.2, -0.15) is 0 Å². The molecule has 3 nitrogen and oxygen atoms in total. The molecular formula is C27H28O3. The second kappa shape index (κ2) is 6.80. The lowest BCUT2D eigenvalue weighted by Crippen LogP contribution is -2.29. The van der Waals surface area contributed by atoms with Crippen LogP contribution in [0.5, 0.6) is 0 Å². The zero-order chi connectivity index (χ0) is 21.8. The molecule has 0 saturated heterocycles. The minimum atomic E-state index is -0.135. The van der Waals surface area contributed by atoms with Crippen LogP contribution in [0.3, 0.4) is 0 Å². The Morgan fingerprint density at radius 3 is 2.00 bits per heavy atom. The van der Waals surface area contributed by atoms with Crippen molar-refractivity contribution in [3.05, 3.63) is 87.7 Å². The van der Waals surface area contributed by atoms with Crippen molar-refractivity contribution in [2.45, 2.75) is 58.3 Å². The largest absolute Gasteiger partial charge is 0.512 e. The highest BCUT2D eigenvalue weighted by Gasteiger charge is 2.34. The molecule has 30 heavy (non-hydrogen) atoms. The van der Waals surface area contributed by atoms with Crippen LogP contribution in [-0.4, -0.2) is 16.7 Å². The molecule has 1 N–H and O–H groups in total. The first-order valence-electron chi connectivity index (χ1n) is 10.5. The van der Waals surface area contributed by atoms with Crippen molar-refractivity contribution < 1.29 is 14.7 Å². The summed E-state index contributed by atoms with van der Waals surface area (Å²) in [7, 11) is 0. The average Bonchev–Trinajstić information content (AvgIpc) is 3.03. The molecule has 2 aromatic carbocycles. The number of Topliss-reactive ketones (excluding diaryl/α,β-unsaturated/α-hetero) is 1. The van der Waals surface area contributed by atoms with E-state index in [1.807, 2.05) is 6.92 Å². The van der Waals surface area contributed by atoms with Crippen molar-refractivity contribution in [2.75, 3.05) is 0 Å². The van der Waals surface area contributed by atoms with Crippen LogP contribution in [0.15, 0.2) is 54.3 Å². The monoisotopic (exact) mass is 400 g/mol. The fraction of sp³-hybridized carbons (Fsp3) is 0.333. The summed E-state index contributed by atoms with van der Waals surface area (Å²) in [5.41, 5.74) is 5.56. The fourth-order valence-electron chi connectivity index (χ4n) is 4.53. The third kappa shape index (κ3) is 3.23. The zero-order valence-corrected chi connectivity index (χ0v) is 18.3. The van der Waals surface area contributed by atoms with Crippen molar-refractivity contribution in [3.8, 4) is 0 Å². The Hall–Kier alpha value is -2.94. The lowest BCUT2D eigenvalue weighted by molar-refractivity contribution is -0.113. The number of aryl methyl sites for hydroxylation is 1. The highest BCUT2D eigenvalue weighted by molar-refractivity contribution is 6.23. The molecule has 0 aromatic heterocycles. The van der Waals surface area contributed by atoms with E-state index in [0.717, 1.165) is 5.56 Å². The van der Waals surface area contributed by atoms with Gasteiger partial charge in [-0.15, -0.1) is 0 Å². The lowest BCUT2D eigenvalue weighted by atomic mass is 9.67. The van der Waals surface area contributed by atoms with Crippen molar-refractivity contribution in [3.63, 3.8) is 0 Å². The molecule has 2 aliphatic rings. The summed E-state index contributed by atoms with van der Waals surface area (Å²) >= 11 is 0. The van der Waals surface area contributed by atoms with E-state index in [9.17, 15) is 14.7 Å². The van der Waals surface area contributed by atoms with Gasteiger partial charge in [0.1, 0.15) is 5.76 Å². The number of rotatable bonds is 3. The molecule has 2 aliphatic carbocycles. The maximum atomic E-state index is 13.3. The van der Waals surface area contributed by atoms with Crippen molar-refractivity contribution in [1.82, 2.24) is 0 Å². The summed E-state index contributed by atoms with van der Waals surface area (Å²) in [6.07, 6.45) is 5.22. The summed E-state index contributed by atoms with van der Waals surface area (Å²) in [5, 5.41) is 10.00. The molecule has 0 atom stereocenters. The minimum absolute atomic E-state index is 0.0269. The summed E-state index contributed by atoms with van der Waals surface area (Å²) in [6, 6.07) is 11.2. The van der Waals surface area contributed by atoms with Gasteiger partial charge in [-0.05, 0) is 35.2 Å². The van der Waals surface area contributed by atoms with Gasteiger partial charge < -0.3 is 5.11 Å². The van der Waals surface area contributed by atoms with Crippen molar-refractivity contribution >= 4 is 17.1 Å². The van der Waals surface area contributed by atoms with E-state index in [0.29, 0.717) is 35.1 Å². The molecule has 0 radical (unpaired) electrons. The first kappa shape index (κ1) is 20.3. The Bertz CT molecular complexity index is 1130. The fourth-order valence-corrected chi connectivity index (χ4v) is 4.53. The Kier molecular flexibility index (Phi) is 4.61. The van der Waals surface area contributed by atoms with E-state index in [1.165, 1.54) is 11.1 Å². The second-order valence-electron chi connectivity index (χ2n) is 9.64. The molecule has 0 spiro atoms. The smallest absolute Gasteiger partial charge is 0.193 e. The van der Waals surface area contributed by atoms with E-state index in [2.05, 4.69) is 52.0 Å². The molecule has 0 amide bonds. The highest BCUT2D eigenvalue weighted by Crippen LogP contribution is 2.42. The molecule has 0 unspecified atom stereocenters. The van der Waals surface area contributed by atoms with E-state index >= 15 is 0 Å². The molecule has 4 rings (SSSR count). The number of benzene rings is 2. The first-order chi connectivity index (χ1) is 14.0. The van der Waals surface area contributed by atoms with Crippen LogP contribution in [0.2, 0.25) is 0 Å². The number of carbonyl (C=O) groups excluding carboxylic acids is 2. The van der Waals surface area contributed by atoms with Crippen LogP contribution in [0, 0.1) is 6.92 Å². The quantitative estimate of drug-likeness (QED) is 0.509. The number of aliphatic hydroxyl groups is 1. The SMILES string of the molecule is Cc1cc2c(cc1C(=O)c1ccc(C3=C(O)CCC3=O)cc1)C(C)(C)C=CC2(C)C. The van der Waals surface area contributed by atoms with Crippen LogP contribution in [-0.2, 0) is 15.6 Å². The van der Waals surface area contributed by atoms with Gasteiger partial charge in [0.2, 0.25) is 0 Å². The Labute approximate surface area is 178 Å². The average molecular weight is 401 g/mol. The standard InChI is InChI=1S/C27H28O3/c1-16-14-20-21(27(4,5)13-12-26(20,2)3)15-19(16)25(30)18-8-6-17(7-9-18)24-22(28)10-11-23(24)29/h6-9,12-15,28H,10-11H2,1-5H3. The topological polar surface area (TPSA) is 54.4 Å². The molecule has 154 valence electrons. The number of aliphatic hydroxyl groups excluding tert-OH is 1. The zero-order valence-electron chi connectivity index (χ0n) is 18.3. The van der Waals surface area contributed by atoms with Gasteiger partial charge in [-0.3, -0.25) is 9.59 Å². The Morgan fingerprint density at radius 2 is 1.47 bits per heavy atom. The van der Waals surface area contributed by atoms with Crippen LogP contribution in [0.1, 0.15) is 78.7 Å². The van der Waals surface area contributed by atoms with Crippen molar-refractivity contribution in [2.24, 2.45) is 0 Å². The predicted molar refractivity (Wildman–Crippen MR) is 120 cm³/mol. The third-order valence-electron chi connectivity index (χ3n) is 6.51. The van der Waals surface area contributed by atoms with Crippen LogP contribution < -0.4 is 0 Å². The van der Waals surface area contributed by atoms with Gasteiger partial charge in [0.25, 0.3) is 0 Å². The summed E-state index contributed by atoms with van der Waals surface area (Å²) in [5.74, 6) is 0.0680. The minimum Gasteiger partial charge on any atom is -0.512 e. The van der Waals surface area contributed by atoms with Gasteiger partial charge in [-0.25, -0.2) is 0 Å². The molecule has 0 saturated carbocycles. The van der Waals surface area contributed by atoms with E-state index in [4.69, 9.17) is 0 Å². The number of hydrogen-bond acceptors (Lipinski definition) is 3. The molecule has 3 heteroatoms. The van der Waals surface area contributed by atoms with Crippen LogP contribution in [0.4, 0.5) is 0 Å². The van der Waals surface area contributed by atoms with Gasteiger partial charge in [0.05, 0.1) is 5.57 Å². The second-order valence-corrected chi connectivity index (χ2v) is 9.64. The molecule has 2 aromatic rings. The maximum Gasteiger partial charge on any atom is 0.193 e. The van der Waals surface area contributed by atoms with Crippen LogP contribution >= 0.6 is 0 Å². The van der Waals surface area contributed by atoms with Gasteiger partial charge in [0.15, 0.2) is 11.6 Å². The molecule has 0 heterocycles. The summed E-state index contributed by atoms with van der Waals surface area (Å²) in [6.45, 7) is 10.7. The first-order valence-corrected chi connectivity index (χ1v) is 10.5. The molecule has 0 fully saturated rings. The molecule has 0 aliphatic heterocycles. The number of carbonyl (C=O) groups is 2. The molecule has 0 bridgehead atoms. The van der Waals surface area contributed by atoms with Gasteiger partial charge in [-0.1, -0.05) is 70.2 Å². The molecular weight excluding hydrogens is 372 g/mol. The van der Waals surface area contributed by atoms with E-state index in [-0.39, 0.29) is 28.2 Å². The number of allylic oxidation sites excluding steroid dienone is 4. The number of fused-ring (bicyclic) bond motifs is 1. The highest BCUT2D eigenvalue weighted by atomic mass is 16.3. The van der Waals surface area contributed by atoms with E-state index < -0.39 is 0 Å². The normalized spacial score (nSPS) is 19.2. The van der Waals surface area contributed by atoms with Crippen molar-refractivity contribution in [1.29, 1.82) is 0 Å². The Balaban J connectivity index is 1.73. The number of hydrogen-bond donors (Lipinski definition) is 1. The number of ketones is 2. The Morgan fingerprint density at radius 1 is 0.900 bits per heavy atom. The summed E-state index contributed by atoms with van der Waals surface area (Å²) < 4.78 is 0. The van der Waals surface area contributed by atoms with Gasteiger partial charge >= 0.3 is 0 Å². The van der Waals surface area contributed by atoms with Crippen LogP contribution in [0.25, 0.3) is 5.57 Å².